The van der Waals surface area contributed by atoms with Gasteiger partial charge in [0.2, 0.25) is 0 Å². The van der Waals surface area contributed by atoms with Gasteiger partial charge < -0.3 is 16.2 Å². The zero-order valence-electron chi connectivity index (χ0n) is 10.8. The van der Waals surface area contributed by atoms with Crippen molar-refractivity contribution < 1.29 is 4.74 Å². The Morgan fingerprint density at radius 3 is 2.07 bits per heavy atom. The lowest BCUT2D eigenvalue weighted by molar-refractivity contribution is -0.0343. The number of ether oxygens (including phenoxy) is 1. The van der Waals surface area contributed by atoms with Crippen LogP contribution in [0.5, 0.6) is 0 Å². The Morgan fingerprint density at radius 2 is 1.60 bits per heavy atom. The molecule has 0 aromatic carbocycles. The number of rotatable bonds is 8. The third-order valence-electron chi connectivity index (χ3n) is 2.81. The van der Waals surface area contributed by atoms with Gasteiger partial charge in [0.05, 0.1) is 5.60 Å². The van der Waals surface area contributed by atoms with E-state index in [9.17, 15) is 0 Å². The van der Waals surface area contributed by atoms with Crippen molar-refractivity contribution in [3.8, 4) is 0 Å². The van der Waals surface area contributed by atoms with E-state index >= 15 is 0 Å². The molecule has 0 atom stereocenters. The minimum absolute atomic E-state index is 0.0515. The van der Waals surface area contributed by atoms with Crippen LogP contribution in [-0.4, -0.2) is 25.3 Å². The highest BCUT2D eigenvalue weighted by Gasteiger charge is 2.20. The zero-order valence-corrected chi connectivity index (χ0v) is 10.8. The Labute approximate surface area is 94.5 Å². The average Bonchev–Trinajstić information content (AvgIpc) is 2.14. The molecule has 0 unspecified atom stereocenters. The molecular formula is C12H28N2O. The molecule has 0 aliphatic rings. The van der Waals surface area contributed by atoms with E-state index in [-0.39, 0.29) is 11.0 Å². The monoisotopic (exact) mass is 216 g/mol. The fourth-order valence-electron chi connectivity index (χ4n) is 1.31. The minimum Gasteiger partial charge on any atom is -0.376 e. The lowest BCUT2D eigenvalue weighted by atomic mass is 9.90. The Balaban J connectivity index is 3.74. The first-order valence-corrected chi connectivity index (χ1v) is 5.87. The van der Waals surface area contributed by atoms with Crippen LogP contribution in [0.3, 0.4) is 0 Å². The molecule has 0 aromatic rings. The summed E-state index contributed by atoms with van der Waals surface area (Å²) in [7, 11) is 0. The van der Waals surface area contributed by atoms with Gasteiger partial charge in [-0.25, -0.2) is 0 Å². The van der Waals surface area contributed by atoms with Crippen LogP contribution in [0.2, 0.25) is 0 Å². The van der Waals surface area contributed by atoms with Gasteiger partial charge in [-0.15, -0.1) is 0 Å². The molecule has 3 heteroatoms. The summed E-state index contributed by atoms with van der Waals surface area (Å²) in [5, 5.41) is 0. The quantitative estimate of drug-likeness (QED) is 0.651. The van der Waals surface area contributed by atoms with Crippen molar-refractivity contribution >= 4 is 0 Å². The molecule has 0 aliphatic heterocycles. The fourth-order valence-corrected chi connectivity index (χ4v) is 1.31. The number of hydrogen-bond donors (Lipinski definition) is 2. The smallest absolute Gasteiger partial charge is 0.0627 e. The van der Waals surface area contributed by atoms with Gasteiger partial charge in [0.1, 0.15) is 0 Å². The van der Waals surface area contributed by atoms with Gasteiger partial charge in [-0.1, -0.05) is 13.8 Å². The van der Waals surface area contributed by atoms with E-state index in [4.69, 9.17) is 16.2 Å². The molecule has 0 rings (SSSR count). The highest BCUT2D eigenvalue weighted by Crippen LogP contribution is 2.22. The normalized spacial score (nSPS) is 13.2. The van der Waals surface area contributed by atoms with Gasteiger partial charge in [0.15, 0.2) is 0 Å². The first-order valence-electron chi connectivity index (χ1n) is 5.87. The van der Waals surface area contributed by atoms with Crippen LogP contribution in [0.4, 0.5) is 0 Å². The Kier molecular flexibility index (Phi) is 6.41. The summed E-state index contributed by atoms with van der Waals surface area (Å²) >= 11 is 0. The standard InChI is InChI=1S/C12H28N2O/c1-11(2,10-14)7-9-15-12(3,4)6-5-8-13/h5-10,13-14H2,1-4H3. The van der Waals surface area contributed by atoms with Crippen LogP contribution in [0.1, 0.15) is 47.0 Å². The van der Waals surface area contributed by atoms with E-state index in [1.165, 1.54) is 0 Å². The maximum Gasteiger partial charge on any atom is 0.0627 e. The summed E-state index contributed by atoms with van der Waals surface area (Å²) in [5.74, 6) is 0. The molecule has 0 heterocycles. The van der Waals surface area contributed by atoms with E-state index in [0.29, 0.717) is 6.54 Å². The first-order chi connectivity index (χ1) is 6.83. The SMILES string of the molecule is CC(C)(CN)CCOC(C)(C)CCCN. The van der Waals surface area contributed by atoms with Crippen LogP contribution in [0.15, 0.2) is 0 Å². The van der Waals surface area contributed by atoms with Crippen molar-refractivity contribution in [2.75, 3.05) is 19.7 Å². The zero-order chi connectivity index (χ0) is 11.9. The second-order valence-electron chi connectivity index (χ2n) is 5.62. The molecule has 0 radical (unpaired) electrons. The molecule has 0 fully saturated rings. The molecule has 0 aliphatic carbocycles. The van der Waals surface area contributed by atoms with Crippen LogP contribution in [0, 0.1) is 5.41 Å². The van der Waals surface area contributed by atoms with E-state index in [0.717, 1.165) is 32.4 Å². The molecular weight excluding hydrogens is 188 g/mol. The lowest BCUT2D eigenvalue weighted by Gasteiger charge is -2.28. The molecule has 0 amide bonds. The third kappa shape index (κ3) is 7.77. The summed E-state index contributed by atoms with van der Waals surface area (Å²) in [4.78, 5) is 0. The molecule has 0 saturated carbocycles. The predicted octanol–water partition coefficient (Wildman–Crippen LogP) is 1.90. The van der Waals surface area contributed by atoms with Gasteiger partial charge in [-0.05, 0) is 51.6 Å². The summed E-state index contributed by atoms with van der Waals surface area (Å²) < 4.78 is 5.86. The summed E-state index contributed by atoms with van der Waals surface area (Å²) in [5.41, 5.74) is 11.3. The summed E-state index contributed by atoms with van der Waals surface area (Å²) in [6.07, 6.45) is 3.05. The molecule has 92 valence electrons. The maximum absolute atomic E-state index is 5.86. The van der Waals surface area contributed by atoms with Crippen molar-refractivity contribution in [3.05, 3.63) is 0 Å². The van der Waals surface area contributed by atoms with Crippen molar-refractivity contribution in [1.82, 2.24) is 0 Å². The first kappa shape index (κ1) is 14.9. The van der Waals surface area contributed by atoms with Crippen LogP contribution >= 0.6 is 0 Å². The average molecular weight is 216 g/mol. The van der Waals surface area contributed by atoms with Crippen molar-refractivity contribution in [2.45, 2.75) is 52.6 Å². The molecule has 15 heavy (non-hydrogen) atoms. The van der Waals surface area contributed by atoms with Crippen molar-refractivity contribution in [3.63, 3.8) is 0 Å². The third-order valence-corrected chi connectivity index (χ3v) is 2.81. The van der Waals surface area contributed by atoms with Crippen LogP contribution in [0.25, 0.3) is 0 Å². The predicted molar refractivity (Wildman–Crippen MR) is 65.8 cm³/mol. The number of hydrogen-bond acceptors (Lipinski definition) is 3. The molecule has 0 aromatic heterocycles. The Hall–Kier alpha value is -0.120. The Morgan fingerprint density at radius 1 is 1.00 bits per heavy atom. The van der Waals surface area contributed by atoms with E-state index < -0.39 is 0 Å². The van der Waals surface area contributed by atoms with Crippen molar-refractivity contribution in [1.29, 1.82) is 0 Å². The minimum atomic E-state index is -0.0515. The second-order valence-corrected chi connectivity index (χ2v) is 5.62. The lowest BCUT2D eigenvalue weighted by Crippen LogP contribution is -2.30. The van der Waals surface area contributed by atoms with Crippen LogP contribution < -0.4 is 11.5 Å². The molecule has 0 bridgehead atoms. The van der Waals surface area contributed by atoms with Gasteiger partial charge in [0, 0.05) is 6.61 Å². The van der Waals surface area contributed by atoms with Gasteiger partial charge in [-0.3, -0.25) is 0 Å². The topological polar surface area (TPSA) is 61.3 Å². The molecule has 4 N–H and O–H groups in total. The maximum atomic E-state index is 5.86. The number of nitrogens with two attached hydrogens (primary N) is 2. The highest BCUT2D eigenvalue weighted by atomic mass is 16.5. The largest absolute Gasteiger partial charge is 0.376 e. The molecule has 3 nitrogen and oxygen atoms in total. The van der Waals surface area contributed by atoms with Gasteiger partial charge >= 0.3 is 0 Å². The second kappa shape index (κ2) is 6.46. The highest BCUT2D eigenvalue weighted by molar-refractivity contribution is 4.72. The summed E-state index contributed by atoms with van der Waals surface area (Å²) in [6.45, 7) is 10.8. The summed E-state index contributed by atoms with van der Waals surface area (Å²) in [6, 6.07) is 0. The molecule has 0 spiro atoms. The van der Waals surface area contributed by atoms with E-state index in [1.807, 2.05) is 0 Å². The molecule has 0 saturated heterocycles. The van der Waals surface area contributed by atoms with E-state index in [2.05, 4.69) is 27.7 Å². The fraction of sp³-hybridized carbons (Fsp3) is 1.00. The van der Waals surface area contributed by atoms with Crippen LogP contribution in [-0.2, 0) is 4.74 Å². The van der Waals surface area contributed by atoms with Crippen molar-refractivity contribution in [2.24, 2.45) is 16.9 Å². The Bertz CT molecular complexity index is 167. The van der Waals surface area contributed by atoms with Gasteiger partial charge in [-0.2, -0.15) is 0 Å². The van der Waals surface area contributed by atoms with Gasteiger partial charge in [0.25, 0.3) is 0 Å². The van der Waals surface area contributed by atoms with E-state index in [1.54, 1.807) is 0 Å².